The van der Waals surface area contributed by atoms with Gasteiger partial charge in [-0.25, -0.2) is 4.98 Å². The Labute approximate surface area is 151 Å². The van der Waals surface area contributed by atoms with Crippen LogP contribution in [0.2, 0.25) is 5.02 Å². The average molecular weight is 360 g/mol. The van der Waals surface area contributed by atoms with E-state index in [1.165, 1.54) is 0 Å². The first-order chi connectivity index (χ1) is 11.7. The van der Waals surface area contributed by atoms with Crippen LogP contribution >= 0.6 is 22.9 Å². The highest BCUT2D eigenvalue weighted by Gasteiger charge is 2.13. The van der Waals surface area contributed by atoms with Crippen molar-refractivity contribution in [3.63, 3.8) is 0 Å². The van der Waals surface area contributed by atoms with Crippen molar-refractivity contribution in [2.45, 2.75) is 19.5 Å². The highest BCUT2D eigenvalue weighted by Crippen LogP contribution is 2.25. The Hall–Kier alpha value is -1.88. The summed E-state index contributed by atoms with van der Waals surface area (Å²) >= 11 is 7.93. The molecular formula is C19H20ClN2OS+. The minimum Gasteiger partial charge on any atom is -0.497 e. The fourth-order valence-corrected chi connectivity index (χ4v) is 3.68. The maximum Gasteiger partial charge on any atom is 0.123 e. The summed E-state index contributed by atoms with van der Waals surface area (Å²) in [5.41, 5.74) is 3.36. The number of rotatable bonds is 6. The summed E-state index contributed by atoms with van der Waals surface area (Å²) in [4.78, 5) is 4.74. The topological polar surface area (TPSA) is 38.7 Å². The summed E-state index contributed by atoms with van der Waals surface area (Å²) in [6.45, 7) is 3.00. The van der Waals surface area contributed by atoms with Crippen molar-refractivity contribution >= 4 is 22.9 Å². The molecule has 0 aliphatic rings. The molecule has 5 heteroatoms. The van der Waals surface area contributed by atoms with Crippen LogP contribution in [0.3, 0.4) is 0 Å². The molecule has 1 heterocycles. The molecule has 124 valence electrons. The number of aromatic nitrogens is 1. The van der Waals surface area contributed by atoms with E-state index in [1.807, 2.05) is 42.5 Å². The number of halogens is 1. The molecule has 0 aliphatic carbocycles. The molecule has 2 N–H and O–H groups in total. The van der Waals surface area contributed by atoms with E-state index < -0.39 is 0 Å². The van der Waals surface area contributed by atoms with Gasteiger partial charge in [0.2, 0.25) is 0 Å². The number of hydrogen-bond acceptors (Lipinski definition) is 3. The summed E-state index contributed by atoms with van der Waals surface area (Å²) in [5, 5.41) is 6.23. The minimum absolute atomic E-state index is 0.296. The van der Waals surface area contributed by atoms with Crippen molar-refractivity contribution < 1.29 is 10.1 Å². The van der Waals surface area contributed by atoms with Crippen LogP contribution in [0.1, 0.15) is 24.2 Å². The van der Waals surface area contributed by atoms with Crippen LogP contribution in [0.15, 0.2) is 53.9 Å². The van der Waals surface area contributed by atoms with Gasteiger partial charge in [-0.2, -0.15) is 0 Å². The standard InChI is InChI=1S/C19H19ClN2OS/c1-13(17-5-3-4-6-18(17)20)21-11-15-12-24-19(22-15)14-7-9-16(23-2)10-8-14/h3-10,12-13,21H,11H2,1-2H3/p+1/t13-/m0/s1. The zero-order valence-electron chi connectivity index (χ0n) is 13.7. The van der Waals surface area contributed by atoms with Crippen LogP contribution in [0.5, 0.6) is 5.75 Å². The Morgan fingerprint density at radius 3 is 2.62 bits per heavy atom. The summed E-state index contributed by atoms with van der Waals surface area (Å²) in [6, 6.07) is 16.3. The molecule has 2 aromatic carbocycles. The molecule has 0 fully saturated rings. The predicted octanol–water partition coefficient (Wildman–Crippen LogP) is 4.30. The van der Waals surface area contributed by atoms with Gasteiger partial charge in [-0.15, -0.1) is 11.3 Å². The zero-order valence-corrected chi connectivity index (χ0v) is 15.3. The second-order valence-corrected chi connectivity index (χ2v) is 6.89. The molecule has 0 saturated heterocycles. The van der Waals surface area contributed by atoms with Crippen molar-refractivity contribution in [2.75, 3.05) is 7.11 Å². The average Bonchev–Trinajstić information content (AvgIpc) is 3.09. The Balaban J connectivity index is 1.64. The number of hydrogen-bond donors (Lipinski definition) is 1. The molecule has 0 bridgehead atoms. The number of nitrogens with two attached hydrogens (primary N) is 1. The Kier molecular flexibility index (Phi) is 5.51. The Morgan fingerprint density at radius 2 is 1.92 bits per heavy atom. The van der Waals surface area contributed by atoms with Crippen molar-refractivity contribution in [3.8, 4) is 16.3 Å². The molecular weight excluding hydrogens is 340 g/mol. The first kappa shape index (κ1) is 17.0. The number of thiazole rings is 1. The highest BCUT2D eigenvalue weighted by atomic mass is 35.5. The van der Waals surface area contributed by atoms with E-state index in [4.69, 9.17) is 21.3 Å². The van der Waals surface area contributed by atoms with Crippen molar-refractivity contribution in [3.05, 3.63) is 70.2 Å². The van der Waals surface area contributed by atoms with Gasteiger partial charge in [0.1, 0.15) is 29.0 Å². The van der Waals surface area contributed by atoms with Crippen LogP contribution < -0.4 is 10.1 Å². The van der Waals surface area contributed by atoms with Gasteiger partial charge in [0, 0.05) is 21.5 Å². The van der Waals surface area contributed by atoms with E-state index in [1.54, 1.807) is 18.4 Å². The van der Waals surface area contributed by atoms with Gasteiger partial charge in [-0.05, 0) is 37.3 Å². The maximum absolute atomic E-state index is 6.27. The number of nitrogens with zero attached hydrogens (tertiary/aromatic N) is 1. The van der Waals surface area contributed by atoms with Crippen LogP contribution in [0, 0.1) is 0 Å². The lowest BCUT2D eigenvalue weighted by Crippen LogP contribution is -2.83. The number of benzene rings is 2. The second kappa shape index (κ2) is 7.79. The summed E-state index contributed by atoms with van der Waals surface area (Å²) in [5.74, 6) is 0.859. The molecule has 0 aliphatic heterocycles. The summed E-state index contributed by atoms with van der Waals surface area (Å²) < 4.78 is 5.19. The van der Waals surface area contributed by atoms with Gasteiger partial charge in [-0.1, -0.05) is 29.8 Å². The molecule has 3 rings (SSSR count). The van der Waals surface area contributed by atoms with E-state index in [9.17, 15) is 0 Å². The van der Waals surface area contributed by atoms with Gasteiger partial charge in [0.05, 0.1) is 7.11 Å². The molecule has 1 atom stereocenters. The van der Waals surface area contributed by atoms with E-state index in [-0.39, 0.29) is 0 Å². The lowest BCUT2D eigenvalue weighted by Gasteiger charge is -2.11. The van der Waals surface area contributed by atoms with E-state index >= 15 is 0 Å². The highest BCUT2D eigenvalue weighted by molar-refractivity contribution is 7.13. The summed E-state index contributed by atoms with van der Waals surface area (Å²) in [6.07, 6.45) is 0. The van der Waals surface area contributed by atoms with E-state index in [2.05, 4.69) is 23.7 Å². The fourth-order valence-electron chi connectivity index (χ4n) is 2.54. The van der Waals surface area contributed by atoms with Crippen molar-refractivity contribution in [2.24, 2.45) is 0 Å². The van der Waals surface area contributed by atoms with Gasteiger partial charge in [-0.3, -0.25) is 0 Å². The minimum atomic E-state index is 0.296. The fraction of sp³-hybridized carbons (Fsp3) is 0.211. The van der Waals surface area contributed by atoms with Crippen molar-refractivity contribution in [1.82, 2.24) is 4.98 Å². The van der Waals surface area contributed by atoms with Gasteiger partial charge >= 0.3 is 0 Å². The molecule has 0 unspecified atom stereocenters. The molecule has 0 radical (unpaired) electrons. The van der Waals surface area contributed by atoms with Gasteiger partial charge in [0.15, 0.2) is 0 Å². The predicted molar refractivity (Wildman–Crippen MR) is 99.6 cm³/mol. The molecule has 24 heavy (non-hydrogen) atoms. The Morgan fingerprint density at radius 1 is 1.17 bits per heavy atom. The largest absolute Gasteiger partial charge is 0.497 e. The quantitative estimate of drug-likeness (QED) is 0.712. The number of methoxy groups -OCH3 is 1. The van der Waals surface area contributed by atoms with Crippen molar-refractivity contribution in [1.29, 1.82) is 0 Å². The molecule has 3 nitrogen and oxygen atoms in total. The number of ether oxygens (including phenoxy) is 1. The van der Waals surface area contributed by atoms with Gasteiger partial charge in [0.25, 0.3) is 0 Å². The van der Waals surface area contributed by atoms with Gasteiger partial charge < -0.3 is 10.1 Å². The third kappa shape index (κ3) is 3.96. The second-order valence-electron chi connectivity index (χ2n) is 5.62. The first-order valence-electron chi connectivity index (χ1n) is 7.84. The lowest BCUT2D eigenvalue weighted by atomic mass is 10.1. The maximum atomic E-state index is 6.27. The van der Waals surface area contributed by atoms with E-state index in [0.717, 1.165) is 39.1 Å². The number of quaternary nitrogens is 1. The van der Waals surface area contributed by atoms with Crippen LogP contribution in [-0.4, -0.2) is 12.1 Å². The molecule has 0 amide bonds. The molecule has 1 aromatic heterocycles. The normalized spacial score (nSPS) is 12.1. The smallest absolute Gasteiger partial charge is 0.123 e. The third-order valence-corrected chi connectivity index (χ3v) is 5.25. The van der Waals surface area contributed by atoms with E-state index in [0.29, 0.717) is 6.04 Å². The molecule has 0 spiro atoms. The molecule has 3 aromatic rings. The van der Waals surface area contributed by atoms with Crippen LogP contribution in [-0.2, 0) is 6.54 Å². The monoisotopic (exact) mass is 359 g/mol. The van der Waals surface area contributed by atoms with Crippen LogP contribution in [0.4, 0.5) is 0 Å². The van der Waals surface area contributed by atoms with Crippen LogP contribution in [0.25, 0.3) is 10.6 Å². The SMILES string of the molecule is COc1ccc(-c2nc(C[NH2+][C@@H](C)c3ccccc3Cl)cs2)cc1. The lowest BCUT2D eigenvalue weighted by molar-refractivity contribution is -0.708. The molecule has 0 saturated carbocycles. The third-order valence-electron chi connectivity index (χ3n) is 3.97. The first-order valence-corrected chi connectivity index (χ1v) is 9.09. The summed E-state index contributed by atoms with van der Waals surface area (Å²) in [7, 11) is 1.67. The zero-order chi connectivity index (χ0) is 16.9. The Bertz CT molecular complexity index is 801.